The topological polar surface area (TPSA) is 49.3 Å². The van der Waals surface area contributed by atoms with Crippen molar-refractivity contribution in [2.75, 3.05) is 31.1 Å². The van der Waals surface area contributed by atoms with Crippen molar-refractivity contribution in [3.63, 3.8) is 0 Å². The minimum absolute atomic E-state index is 0.0474. The molecule has 2 fully saturated rings. The molecule has 1 aromatic carbocycles. The molecule has 3 aromatic rings. The van der Waals surface area contributed by atoms with E-state index in [0.29, 0.717) is 43.5 Å². The van der Waals surface area contributed by atoms with E-state index in [2.05, 4.69) is 4.98 Å². The summed E-state index contributed by atoms with van der Waals surface area (Å²) >= 11 is 6.09. The molecule has 5 rings (SSSR count). The van der Waals surface area contributed by atoms with E-state index in [1.54, 1.807) is 4.90 Å². The van der Waals surface area contributed by atoms with Crippen LogP contribution in [0.1, 0.15) is 40.4 Å². The molecule has 0 spiro atoms. The van der Waals surface area contributed by atoms with Gasteiger partial charge in [-0.1, -0.05) is 29.8 Å². The molecule has 1 saturated heterocycles. The van der Waals surface area contributed by atoms with Crippen molar-refractivity contribution >= 4 is 34.2 Å². The van der Waals surface area contributed by atoms with E-state index in [-0.39, 0.29) is 10.9 Å². The van der Waals surface area contributed by atoms with Crippen LogP contribution in [-0.4, -0.2) is 47.0 Å². The third-order valence-electron chi connectivity index (χ3n) is 5.98. The molecule has 0 unspecified atom stereocenters. The van der Waals surface area contributed by atoms with Crippen molar-refractivity contribution in [1.82, 2.24) is 14.9 Å². The Morgan fingerprint density at radius 3 is 2.44 bits per heavy atom. The lowest BCUT2D eigenvalue weighted by Crippen LogP contribution is -2.49. The molecule has 1 aliphatic carbocycles. The van der Waals surface area contributed by atoms with E-state index < -0.39 is 11.7 Å². The minimum Gasteiger partial charge on any atom is -0.352 e. The summed E-state index contributed by atoms with van der Waals surface area (Å²) in [6.45, 7) is 1.71. The van der Waals surface area contributed by atoms with Crippen LogP contribution in [0.5, 0.6) is 0 Å². The number of aromatic nitrogens is 2. The first kappa shape index (κ1) is 21.0. The van der Waals surface area contributed by atoms with Gasteiger partial charge in [-0.05, 0) is 31.0 Å². The Morgan fingerprint density at radius 1 is 1.06 bits per heavy atom. The number of pyridine rings is 2. The van der Waals surface area contributed by atoms with Gasteiger partial charge >= 0.3 is 6.18 Å². The summed E-state index contributed by atoms with van der Waals surface area (Å²) in [6.07, 6.45) is -1.51. The van der Waals surface area contributed by atoms with Gasteiger partial charge in [0.05, 0.1) is 21.7 Å². The summed E-state index contributed by atoms with van der Waals surface area (Å²) in [7, 11) is 0. The molecule has 2 aromatic heterocycles. The van der Waals surface area contributed by atoms with Crippen LogP contribution in [0.2, 0.25) is 5.02 Å². The lowest BCUT2D eigenvalue weighted by molar-refractivity contribution is -0.137. The van der Waals surface area contributed by atoms with Crippen molar-refractivity contribution in [1.29, 1.82) is 0 Å². The number of carbonyl (C=O) groups excluding carboxylic acids is 1. The molecule has 0 bridgehead atoms. The Labute approximate surface area is 187 Å². The van der Waals surface area contributed by atoms with Gasteiger partial charge in [0.25, 0.3) is 5.91 Å². The number of hydrogen-bond acceptors (Lipinski definition) is 4. The second kappa shape index (κ2) is 7.92. The molecular formula is C23H20ClF3N4O. The van der Waals surface area contributed by atoms with Crippen molar-refractivity contribution in [3.05, 3.63) is 64.4 Å². The predicted molar refractivity (Wildman–Crippen MR) is 116 cm³/mol. The molecule has 0 radical (unpaired) electrons. The maximum Gasteiger partial charge on any atom is 0.417 e. The van der Waals surface area contributed by atoms with Crippen molar-refractivity contribution < 1.29 is 18.0 Å². The lowest BCUT2D eigenvalue weighted by Gasteiger charge is -2.36. The highest BCUT2D eigenvalue weighted by Gasteiger charge is 2.33. The fourth-order valence-corrected chi connectivity index (χ4v) is 4.36. The fraction of sp³-hybridized carbons (Fsp3) is 0.348. The monoisotopic (exact) mass is 460 g/mol. The third kappa shape index (κ3) is 3.99. The molecule has 1 aliphatic heterocycles. The molecule has 0 atom stereocenters. The van der Waals surface area contributed by atoms with Gasteiger partial charge < -0.3 is 9.80 Å². The van der Waals surface area contributed by atoms with Gasteiger partial charge in [0.2, 0.25) is 0 Å². The molecule has 32 heavy (non-hydrogen) atoms. The number of amides is 1. The van der Waals surface area contributed by atoms with Crippen molar-refractivity contribution in [2.24, 2.45) is 0 Å². The SMILES string of the molecule is O=C(c1cc(C2CC2)nc2ccccc12)N1CCN(c2ncc(C(F)(F)F)cc2Cl)CC1. The molecule has 1 amide bonds. The van der Waals surface area contributed by atoms with E-state index in [4.69, 9.17) is 16.6 Å². The number of fused-ring (bicyclic) bond motifs is 1. The molecule has 2 aliphatic rings. The summed E-state index contributed by atoms with van der Waals surface area (Å²) in [5.41, 5.74) is 1.55. The molecule has 5 nitrogen and oxygen atoms in total. The Morgan fingerprint density at radius 2 is 1.78 bits per heavy atom. The van der Waals surface area contributed by atoms with Gasteiger partial charge in [0.15, 0.2) is 0 Å². The summed E-state index contributed by atoms with van der Waals surface area (Å²) in [6, 6.07) is 10.5. The number of rotatable bonds is 3. The Bertz CT molecular complexity index is 1190. The quantitative estimate of drug-likeness (QED) is 0.543. The number of hydrogen-bond donors (Lipinski definition) is 0. The van der Waals surface area contributed by atoms with Crippen LogP contribution in [0.25, 0.3) is 10.9 Å². The van der Waals surface area contributed by atoms with Gasteiger partial charge in [-0.25, -0.2) is 4.98 Å². The first-order valence-corrected chi connectivity index (χ1v) is 10.9. The van der Waals surface area contributed by atoms with E-state index >= 15 is 0 Å². The zero-order chi connectivity index (χ0) is 22.5. The number of benzene rings is 1. The van der Waals surface area contributed by atoms with Crippen LogP contribution >= 0.6 is 11.6 Å². The average molecular weight is 461 g/mol. The Kier molecular flexibility index (Phi) is 5.20. The minimum atomic E-state index is -4.49. The van der Waals surface area contributed by atoms with Gasteiger partial charge in [-0.3, -0.25) is 9.78 Å². The molecular weight excluding hydrogens is 441 g/mol. The first-order chi connectivity index (χ1) is 15.3. The second-order valence-corrected chi connectivity index (χ2v) is 8.60. The van der Waals surface area contributed by atoms with Crippen LogP contribution < -0.4 is 4.90 Å². The van der Waals surface area contributed by atoms with E-state index in [9.17, 15) is 18.0 Å². The Balaban J connectivity index is 1.34. The zero-order valence-corrected chi connectivity index (χ0v) is 17.8. The summed E-state index contributed by atoms with van der Waals surface area (Å²) in [5, 5.41) is 0.783. The third-order valence-corrected chi connectivity index (χ3v) is 6.26. The lowest BCUT2D eigenvalue weighted by atomic mass is 10.0. The molecule has 3 heterocycles. The molecule has 1 saturated carbocycles. The highest BCUT2D eigenvalue weighted by atomic mass is 35.5. The van der Waals surface area contributed by atoms with Crippen LogP contribution in [0.3, 0.4) is 0 Å². The number of para-hydroxylation sites is 1. The highest BCUT2D eigenvalue weighted by Crippen LogP contribution is 2.40. The molecule has 9 heteroatoms. The summed E-state index contributed by atoms with van der Waals surface area (Å²) < 4.78 is 38.6. The van der Waals surface area contributed by atoms with E-state index in [1.165, 1.54) is 0 Å². The van der Waals surface area contributed by atoms with Crippen molar-refractivity contribution in [3.8, 4) is 0 Å². The van der Waals surface area contributed by atoms with E-state index in [0.717, 1.165) is 41.7 Å². The normalized spacial score (nSPS) is 17.1. The largest absolute Gasteiger partial charge is 0.417 e. The number of carbonyl (C=O) groups is 1. The average Bonchev–Trinajstić information content (AvgIpc) is 3.63. The standard InChI is InChI=1S/C23H20ClF3N4O/c24-18-11-15(23(25,26)27)13-28-21(18)30-7-9-31(10-8-30)22(32)17-12-20(14-5-6-14)29-19-4-2-1-3-16(17)19/h1-4,11-14H,5-10H2. The summed E-state index contributed by atoms with van der Waals surface area (Å²) in [5.74, 6) is 0.671. The van der Waals surface area contributed by atoms with Crippen LogP contribution in [-0.2, 0) is 6.18 Å². The van der Waals surface area contributed by atoms with Crippen LogP contribution in [0, 0.1) is 0 Å². The smallest absolute Gasteiger partial charge is 0.352 e. The maximum absolute atomic E-state index is 13.4. The zero-order valence-electron chi connectivity index (χ0n) is 17.1. The number of halogens is 4. The highest BCUT2D eigenvalue weighted by molar-refractivity contribution is 6.33. The van der Waals surface area contributed by atoms with E-state index in [1.807, 2.05) is 35.2 Å². The molecule has 166 valence electrons. The number of alkyl halides is 3. The molecule has 0 N–H and O–H groups in total. The summed E-state index contributed by atoms with van der Waals surface area (Å²) in [4.78, 5) is 25.6. The van der Waals surface area contributed by atoms with Gasteiger partial charge in [0, 0.05) is 49.4 Å². The fourth-order valence-electron chi connectivity index (χ4n) is 4.07. The number of nitrogens with zero attached hydrogens (tertiary/aromatic N) is 4. The Hall–Kier alpha value is -2.87. The number of anilines is 1. The van der Waals surface area contributed by atoms with Gasteiger partial charge in [-0.2, -0.15) is 13.2 Å². The first-order valence-electron chi connectivity index (χ1n) is 10.5. The number of piperazine rings is 1. The second-order valence-electron chi connectivity index (χ2n) is 8.19. The maximum atomic E-state index is 13.4. The van der Waals surface area contributed by atoms with Gasteiger partial charge in [0.1, 0.15) is 5.82 Å². The van der Waals surface area contributed by atoms with Crippen LogP contribution in [0.4, 0.5) is 19.0 Å². The van der Waals surface area contributed by atoms with Crippen molar-refractivity contribution in [2.45, 2.75) is 24.9 Å². The van der Waals surface area contributed by atoms with Gasteiger partial charge in [-0.15, -0.1) is 0 Å². The van der Waals surface area contributed by atoms with Crippen LogP contribution in [0.15, 0.2) is 42.6 Å². The predicted octanol–water partition coefficient (Wildman–Crippen LogP) is 5.14.